The smallest absolute Gasteiger partial charge is 0.198 e. The molecular weight excluding hydrogens is 653 g/mol. The van der Waals surface area contributed by atoms with Crippen LogP contribution in [0.4, 0.5) is 0 Å². The Balaban J connectivity index is 1.24. The largest absolute Gasteiger partial charge is 0.213 e. The van der Waals surface area contributed by atoms with Crippen molar-refractivity contribution in [2.75, 3.05) is 0 Å². The lowest BCUT2D eigenvalue weighted by molar-refractivity contribution is -0.766. The summed E-state index contributed by atoms with van der Waals surface area (Å²) in [6.07, 6.45) is 18.7. The highest BCUT2D eigenvalue weighted by Crippen LogP contribution is 2.62. The number of rotatable bonds is 10. The van der Waals surface area contributed by atoms with Crippen LogP contribution in [0.25, 0.3) is 22.5 Å². The Hall–Kier alpha value is -3.26. The van der Waals surface area contributed by atoms with Crippen LogP contribution < -0.4 is 9.13 Å². The van der Waals surface area contributed by atoms with Crippen LogP contribution in [0.3, 0.4) is 0 Å². The fourth-order valence-corrected chi connectivity index (χ4v) is 12.5. The lowest BCUT2D eigenvalue weighted by Gasteiger charge is -2.48. The molecule has 0 N–H and O–H groups in total. The molecule has 4 aromatic rings. The maximum Gasteiger partial charge on any atom is 0.213 e. The average Bonchev–Trinajstić information content (AvgIpc) is 3.27. The van der Waals surface area contributed by atoms with E-state index in [4.69, 9.17) is 0 Å². The molecule has 2 bridgehead atoms. The van der Waals surface area contributed by atoms with E-state index in [1.54, 1.807) is 27.8 Å². The van der Waals surface area contributed by atoms with Crippen molar-refractivity contribution in [1.29, 1.82) is 0 Å². The van der Waals surface area contributed by atoms with Gasteiger partial charge in [-0.2, -0.15) is 9.13 Å². The Labute approximate surface area is 328 Å². The summed E-state index contributed by atoms with van der Waals surface area (Å²) in [7, 11) is 0. The molecule has 9 rings (SSSR count). The van der Waals surface area contributed by atoms with Gasteiger partial charge >= 0.3 is 0 Å². The molecule has 2 unspecified atom stereocenters. The van der Waals surface area contributed by atoms with Crippen molar-refractivity contribution in [2.24, 2.45) is 5.41 Å². The molecule has 0 spiro atoms. The normalized spacial score (nSPS) is 26.6. The van der Waals surface area contributed by atoms with Crippen LogP contribution in [-0.2, 0) is 34.7 Å². The Morgan fingerprint density at radius 3 is 2.02 bits per heavy atom. The van der Waals surface area contributed by atoms with Crippen molar-refractivity contribution in [2.45, 2.75) is 187 Å². The molecule has 2 heteroatoms. The van der Waals surface area contributed by atoms with Crippen molar-refractivity contribution in [3.05, 3.63) is 106 Å². The lowest BCUT2D eigenvalue weighted by Crippen LogP contribution is -2.68. The molecule has 5 aliphatic rings. The van der Waals surface area contributed by atoms with E-state index in [1.807, 2.05) is 0 Å². The summed E-state index contributed by atoms with van der Waals surface area (Å²) in [4.78, 5) is 0. The van der Waals surface area contributed by atoms with Gasteiger partial charge in [-0.05, 0) is 138 Å². The molecule has 2 aromatic carbocycles. The van der Waals surface area contributed by atoms with E-state index in [9.17, 15) is 0 Å². The number of aryl methyl sites for hydroxylation is 3. The molecular formula is C52H70N2+2. The standard InChI is InChI=1S/C52H70N2/c1-12-15-19-36-21-26-39-43(31-36)52(14-3,51(11,13-2)54-29-17-16-20-46(39)54)27-18-28-53-34-42-38-24-22-37(23-25-38)41(42)33-47(53)40-32-45-44(30-35(40)4)48(5,6)50(9,10)49(45,7)8/h16-17,20-21,26,29-34,37-38H,12-15,18-19,22-25,27-28H2,1-11H3/q+2. The van der Waals surface area contributed by atoms with Crippen molar-refractivity contribution >= 4 is 0 Å². The SMILES string of the molecule is CCCCc1ccc2c(c1)C(CC)(CCC[n+]1cc3c(cc1-c1cc4c(cc1C)C(C)(C)C(C)(C)C4(C)C)C1CCC3CC1)C(C)(CC)[n+]1ccccc1-2. The Morgan fingerprint density at radius 1 is 0.667 bits per heavy atom. The third-order valence-corrected chi connectivity index (χ3v) is 17.4. The Kier molecular flexibility index (Phi) is 9.18. The summed E-state index contributed by atoms with van der Waals surface area (Å²) < 4.78 is 5.40. The van der Waals surface area contributed by atoms with Crippen molar-refractivity contribution in [1.82, 2.24) is 0 Å². The molecule has 2 aromatic heterocycles. The molecule has 286 valence electrons. The van der Waals surface area contributed by atoms with E-state index >= 15 is 0 Å². The number of pyridine rings is 2. The minimum absolute atomic E-state index is 0.0149. The zero-order valence-corrected chi connectivity index (χ0v) is 35.9. The van der Waals surface area contributed by atoms with Gasteiger partial charge < -0.3 is 0 Å². The van der Waals surface area contributed by atoms with Crippen molar-refractivity contribution < 1.29 is 9.13 Å². The number of benzene rings is 2. The molecule has 1 fully saturated rings. The molecule has 0 amide bonds. The zero-order valence-electron chi connectivity index (χ0n) is 35.9. The van der Waals surface area contributed by atoms with E-state index in [-0.39, 0.29) is 27.2 Å². The van der Waals surface area contributed by atoms with E-state index in [2.05, 4.69) is 152 Å². The Morgan fingerprint density at radius 2 is 1.35 bits per heavy atom. The predicted octanol–water partition coefficient (Wildman–Crippen LogP) is 12.9. The van der Waals surface area contributed by atoms with E-state index in [1.165, 1.54) is 85.0 Å². The molecule has 1 aliphatic heterocycles. The molecule has 2 nitrogen and oxygen atoms in total. The van der Waals surface area contributed by atoms with Crippen LogP contribution in [0, 0.1) is 12.3 Å². The fraction of sp³-hybridized carbons (Fsp3) is 0.577. The summed E-state index contributed by atoms with van der Waals surface area (Å²) in [5.74, 6) is 1.46. The van der Waals surface area contributed by atoms with Gasteiger partial charge in [0.25, 0.3) is 0 Å². The van der Waals surface area contributed by atoms with Crippen LogP contribution in [0.2, 0.25) is 0 Å². The highest BCUT2D eigenvalue weighted by atomic mass is 15.1. The quantitative estimate of drug-likeness (QED) is 0.144. The van der Waals surface area contributed by atoms with Gasteiger partial charge in [-0.1, -0.05) is 86.9 Å². The third kappa shape index (κ3) is 5.16. The maximum atomic E-state index is 2.74. The van der Waals surface area contributed by atoms with E-state index in [0.29, 0.717) is 0 Å². The third-order valence-electron chi connectivity index (χ3n) is 17.4. The highest BCUT2D eigenvalue weighted by Gasteiger charge is 2.59. The van der Waals surface area contributed by atoms with Gasteiger partial charge in [0, 0.05) is 49.1 Å². The topological polar surface area (TPSA) is 7.76 Å². The van der Waals surface area contributed by atoms with Gasteiger partial charge in [0.05, 0.1) is 11.0 Å². The molecule has 54 heavy (non-hydrogen) atoms. The molecule has 0 radical (unpaired) electrons. The predicted molar refractivity (Wildman–Crippen MR) is 226 cm³/mol. The molecule has 2 atom stereocenters. The number of unbranched alkanes of at least 4 members (excludes halogenated alkanes) is 1. The molecule has 3 heterocycles. The summed E-state index contributed by atoms with van der Waals surface area (Å²) >= 11 is 0. The number of hydrogen-bond acceptors (Lipinski definition) is 0. The summed E-state index contributed by atoms with van der Waals surface area (Å²) in [6, 6.07) is 22.3. The number of fused-ring (bicyclic) bond motifs is 6. The number of aromatic nitrogens is 2. The second kappa shape index (κ2) is 13.2. The van der Waals surface area contributed by atoms with E-state index < -0.39 is 0 Å². The van der Waals surface area contributed by atoms with Gasteiger partial charge in [-0.25, -0.2) is 0 Å². The fourth-order valence-electron chi connectivity index (χ4n) is 12.5. The maximum absolute atomic E-state index is 2.74. The van der Waals surface area contributed by atoms with Gasteiger partial charge in [0.15, 0.2) is 17.9 Å². The summed E-state index contributed by atoms with van der Waals surface area (Å²) in [6.45, 7) is 28.2. The zero-order chi connectivity index (χ0) is 38.4. The Bertz CT molecular complexity index is 2090. The minimum Gasteiger partial charge on any atom is -0.198 e. The summed E-state index contributed by atoms with van der Waals surface area (Å²) in [5, 5.41) is 0. The summed E-state index contributed by atoms with van der Waals surface area (Å²) in [5.41, 5.74) is 17.1. The van der Waals surface area contributed by atoms with Crippen molar-refractivity contribution in [3.8, 4) is 22.5 Å². The minimum atomic E-state index is -0.0149. The second-order valence-electron chi connectivity index (χ2n) is 20.0. The first-order valence-corrected chi connectivity index (χ1v) is 22.0. The van der Waals surface area contributed by atoms with Crippen LogP contribution in [0.15, 0.2) is 67.0 Å². The van der Waals surface area contributed by atoms with Crippen LogP contribution >= 0.6 is 0 Å². The van der Waals surface area contributed by atoms with E-state index in [0.717, 1.165) is 37.6 Å². The monoisotopic (exact) mass is 723 g/mol. The first-order chi connectivity index (χ1) is 25.7. The van der Waals surface area contributed by atoms with Gasteiger partial charge in [0.1, 0.15) is 6.54 Å². The van der Waals surface area contributed by atoms with Gasteiger partial charge in [-0.3, -0.25) is 0 Å². The molecule has 1 saturated carbocycles. The van der Waals surface area contributed by atoms with Gasteiger partial charge in [-0.15, -0.1) is 0 Å². The second-order valence-corrected chi connectivity index (χ2v) is 20.0. The first-order valence-electron chi connectivity index (χ1n) is 22.0. The van der Waals surface area contributed by atoms with Crippen LogP contribution in [-0.4, -0.2) is 0 Å². The lowest BCUT2D eigenvalue weighted by atomic mass is 9.57. The number of hydrogen-bond donors (Lipinski definition) is 0. The van der Waals surface area contributed by atoms with Crippen molar-refractivity contribution in [3.63, 3.8) is 0 Å². The average molecular weight is 723 g/mol. The van der Waals surface area contributed by atoms with Crippen LogP contribution in [0.5, 0.6) is 0 Å². The van der Waals surface area contributed by atoms with Crippen LogP contribution in [0.1, 0.15) is 184 Å². The van der Waals surface area contributed by atoms with Gasteiger partial charge in [0.2, 0.25) is 11.4 Å². The number of nitrogens with zero attached hydrogens (tertiary/aromatic N) is 2. The highest BCUT2D eigenvalue weighted by molar-refractivity contribution is 5.68. The molecule has 4 aliphatic carbocycles. The first kappa shape index (κ1) is 37.7. The molecule has 0 saturated heterocycles.